The largest absolute Gasteiger partial charge is 0.469 e. The molecule has 0 saturated carbocycles. The summed E-state index contributed by atoms with van der Waals surface area (Å²) in [6, 6.07) is 6.80. The highest BCUT2D eigenvalue weighted by Gasteiger charge is 2.11. The molecule has 0 radical (unpaired) electrons. The van der Waals surface area contributed by atoms with Gasteiger partial charge in [0, 0.05) is 11.7 Å². The van der Waals surface area contributed by atoms with E-state index >= 15 is 0 Å². The van der Waals surface area contributed by atoms with Crippen molar-refractivity contribution in [3.05, 3.63) is 29.8 Å². The highest BCUT2D eigenvalue weighted by atomic mass is 16.5. The van der Waals surface area contributed by atoms with Crippen molar-refractivity contribution in [3.8, 4) is 0 Å². The summed E-state index contributed by atoms with van der Waals surface area (Å²) in [4.78, 5) is 10.9. The summed E-state index contributed by atoms with van der Waals surface area (Å²) in [5.74, 6) is -0.311. The fraction of sp³-hybridized carbons (Fsp3) is 0.300. The summed E-state index contributed by atoms with van der Waals surface area (Å²) < 4.78 is 4.52. The number of anilines is 1. The Morgan fingerprint density at radius 2 is 2.00 bits per heavy atom. The van der Waals surface area contributed by atoms with Crippen molar-refractivity contribution in [3.63, 3.8) is 0 Å². The first-order valence-electron chi connectivity index (χ1n) is 4.31. The summed E-state index contributed by atoms with van der Waals surface area (Å²) in [6.07, 6.45) is 0.181. The molecule has 1 atom stereocenters. The predicted octanol–water partition coefficient (Wildman–Crippen LogP) is 0.832. The number of rotatable bonds is 3. The Labute approximate surface area is 82.8 Å². The number of hydrogen-bond donors (Lipinski definition) is 2. The summed E-state index contributed by atoms with van der Waals surface area (Å²) in [5.41, 5.74) is 12.9. The maximum absolute atomic E-state index is 10.9. The first kappa shape index (κ1) is 10.5. The van der Waals surface area contributed by atoms with Gasteiger partial charge in [-0.2, -0.15) is 0 Å². The van der Waals surface area contributed by atoms with Crippen LogP contribution in [0.4, 0.5) is 5.69 Å². The molecule has 4 heteroatoms. The van der Waals surface area contributed by atoms with E-state index in [9.17, 15) is 4.79 Å². The van der Waals surface area contributed by atoms with Gasteiger partial charge in [-0.3, -0.25) is 4.79 Å². The molecular formula is C10H14N2O2. The zero-order valence-electron chi connectivity index (χ0n) is 8.07. The molecule has 0 heterocycles. The topological polar surface area (TPSA) is 78.3 Å². The first-order valence-corrected chi connectivity index (χ1v) is 4.31. The van der Waals surface area contributed by atoms with Crippen molar-refractivity contribution in [2.75, 3.05) is 12.8 Å². The summed E-state index contributed by atoms with van der Waals surface area (Å²) in [5, 5.41) is 0. The molecule has 0 spiro atoms. The molecule has 1 aromatic rings. The second-order valence-electron chi connectivity index (χ2n) is 3.05. The first-order chi connectivity index (χ1) is 6.63. The number of carbonyl (C=O) groups excluding carboxylic acids is 1. The Bertz CT molecular complexity index is 308. The van der Waals surface area contributed by atoms with Crippen LogP contribution in [0.3, 0.4) is 0 Å². The standard InChI is InChI=1S/C10H14N2O2/c1-14-10(13)6-9(12)7-2-4-8(11)5-3-7/h2-5,9H,6,11-12H2,1H3. The Morgan fingerprint density at radius 1 is 1.43 bits per heavy atom. The molecule has 4 N–H and O–H groups in total. The molecule has 1 unspecified atom stereocenters. The second-order valence-corrected chi connectivity index (χ2v) is 3.05. The lowest BCUT2D eigenvalue weighted by Gasteiger charge is -2.10. The van der Waals surface area contributed by atoms with Gasteiger partial charge in [0.05, 0.1) is 13.5 Å². The van der Waals surface area contributed by atoms with E-state index in [2.05, 4.69) is 4.74 Å². The van der Waals surface area contributed by atoms with Gasteiger partial charge in [-0.05, 0) is 17.7 Å². The molecule has 0 saturated heterocycles. The van der Waals surface area contributed by atoms with Crippen molar-refractivity contribution >= 4 is 11.7 Å². The van der Waals surface area contributed by atoms with Crippen molar-refractivity contribution in [2.24, 2.45) is 5.73 Å². The fourth-order valence-corrected chi connectivity index (χ4v) is 1.12. The van der Waals surface area contributed by atoms with Crippen molar-refractivity contribution in [1.82, 2.24) is 0 Å². The van der Waals surface area contributed by atoms with Crippen LogP contribution in [0.1, 0.15) is 18.0 Å². The SMILES string of the molecule is COC(=O)CC(N)c1ccc(N)cc1. The number of esters is 1. The molecule has 1 rings (SSSR count). The number of methoxy groups -OCH3 is 1. The van der Waals surface area contributed by atoms with Gasteiger partial charge >= 0.3 is 5.97 Å². The molecular weight excluding hydrogens is 180 g/mol. The number of nitrogens with two attached hydrogens (primary N) is 2. The molecule has 0 aliphatic rings. The highest BCUT2D eigenvalue weighted by molar-refractivity contribution is 5.70. The molecule has 14 heavy (non-hydrogen) atoms. The minimum atomic E-state index is -0.331. The molecule has 0 aromatic heterocycles. The van der Waals surface area contributed by atoms with E-state index in [1.54, 1.807) is 12.1 Å². The Morgan fingerprint density at radius 3 is 2.50 bits per heavy atom. The van der Waals surface area contributed by atoms with E-state index in [4.69, 9.17) is 11.5 Å². The van der Waals surface area contributed by atoms with E-state index in [-0.39, 0.29) is 18.4 Å². The van der Waals surface area contributed by atoms with E-state index in [0.717, 1.165) is 5.56 Å². The van der Waals surface area contributed by atoms with E-state index in [1.807, 2.05) is 12.1 Å². The third-order valence-electron chi connectivity index (χ3n) is 1.98. The minimum Gasteiger partial charge on any atom is -0.469 e. The van der Waals surface area contributed by atoms with Gasteiger partial charge < -0.3 is 16.2 Å². The molecule has 0 aliphatic heterocycles. The van der Waals surface area contributed by atoms with Crippen LogP contribution < -0.4 is 11.5 Å². The molecule has 4 nitrogen and oxygen atoms in total. The monoisotopic (exact) mass is 194 g/mol. The lowest BCUT2D eigenvalue weighted by molar-refractivity contribution is -0.141. The lowest BCUT2D eigenvalue weighted by atomic mass is 10.0. The van der Waals surface area contributed by atoms with Gasteiger partial charge in [0.15, 0.2) is 0 Å². The number of ether oxygens (including phenoxy) is 1. The van der Waals surface area contributed by atoms with Gasteiger partial charge in [0.25, 0.3) is 0 Å². The van der Waals surface area contributed by atoms with E-state index in [0.29, 0.717) is 5.69 Å². The number of hydrogen-bond acceptors (Lipinski definition) is 4. The van der Waals surface area contributed by atoms with Crippen LogP contribution in [0.2, 0.25) is 0 Å². The van der Waals surface area contributed by atoms with Crippen LogP contribution in [-0.4, -0.2) is 13.1 Å². The Hall–Kier alpha value is -1.55. The van der Waals surface area contributed by atoms with Crippen LogP contribution in [-0.2, 0) is 9.53 Å². The quantitative estimate of drug-likeness (QED) is 0.552. The molecule has 0 bridgehead atoms. The van der Waals surface area contributed by atoms with Crippen LogP contribution in [0.15, 0.2) is 24.3 Å². The van der Waals surface area contributed by atoms with Gasteiger partial charge in [0.2, 0.25) is 0 Å². The fourth-order valence-electron chi connectivity index (χ4n) is 1.12. The molecule has 76 valence electrons. The average Bonchev–Trinajstić information content (AvgIpc) is 2.18. The van der Waals surface area contributed by atoms with Crippen LogP contribution >= 0.6 is 0 Å². The highest BCUT2D eigenvalue weighted by Crippen LogP contribution is 2.15. The van der Waals surface area contributed by atoms with Gasteiger partial charge in [-0.25, -0.2) is 0 Å². The minimum absolute atomic E-state index is 0.181. The number of nitrogen functional groups attached to an aromatic ring is 1. The van der Waals surface area contributed by atoms with Crippen LogP contribution in [0.25, 0.3) is 0 Å². The van der Waals surface area contributed by atoms with Gasteiger partial charge in [-0.15, -0.1) is 0 Å². The molecule has 0 fully saturated rings. The summed E-state index contributed by atoms with van der Waals surface area (Å²) >= 11 is 0. The Kier molecular flexibility index (Phi) is 3.48. The van der Waals surface area contributed by atoms with E-state index in [1.165, 1.54) is 7.11 Å². The number of benzene rings is 1. The molecule has 1 aromatic carbocycles. The van der Waals surface area contributed by atoms with Crippen molar-refractivity contribution in [1.29, 1.82) is 0 Å². The maximum atomic E-state index is 10.9. The predicted molar refractivity (Wildman–Crippen MR) is 54.4 cm³/mol. The zero-order valence-corrected chi connectivity index (χ0v) is 8.07. The third-order valence-corrected chi connectivity index (χ3v) is 1.98. The normalized spacial score (nSPS) is 12.1. The van der Waals surface area contributed by atoms with Gasteiger partial charge in [0.1, 0.15) is 0 Å². The second kappa shape index (κ2) is 4.62. The Balaban J connectivity index is 2.65. The number of carbonyl (C=O) groups is 1. The molecule has 0 amide bonds. The smallest absolute Gasteiger partial charge is 0.307 e. The lowest BCUT2D eigenvalue weighted by Crippen LogP contribution is -2.16. The summed E-state index contributed by atoms with van der Waals surface area (Å²) in [7, 11) is 1.35. The molecule has 0 aliphatic carbocycles. The van der Waals surface area contributed by atoms with Crippen molar-refractivity contribution in [2.45, 2.75) is 12.5 Å². The van der Waals surface area contributed by atoms with Crippen LogP contribution in [0.5, 0.6) is 0 Å². The van der Waals surface area contributed by atoms with Gasteiger partial charge in [-0.1, -0.05) is 12.1 Å². The third kappa shape index (κ3) is 2.74. The maximum Gasteiger partial charge on any atom is 0.307 e. The van der Waals surface area contributed by atoms with Crippen LogP contribution in [0, 0.1) is 0 Å². The van der Waals surface area contributed by atoms with Crippen molar-refractivity contribution < 1.29 is 9.53 Å². The van der Waals surface area contributed by atoms with E-state index < -0.39 is 0 Å². The summed E-state index contributed by atoms with van der Waals surface area (Å²) in [6.45, 7) is 0. The zero-order chi connectivity index (χ0) is 10.6. The average molecular weight is 194 g/mol.